The van der Waals surface area contributed by atoms with Crippen LogP contribution in [0.25, 0.3) is 0 Å². The average molecular weight is 172 g/mol. The van der Waals surface area contributed by atoms with Gasteiger partial charge in [0, 0.05) is 6.04 Å². The summed E-state index contributed by atoms with van der Waals surface area (Å²) in [5.41, 5.74) is 0. The van der Waals surface area contributed by atoms with E-state index in [0.29, 0.717) is 12.5 Å². The number of rotatable bonds is 5. The summed E-state index contributed by atoms with van der Waals surface area (Å²) in [6.45, 7) is 9.46. The van der Waals surface area contributed by atoms with E-state index in [2.05, 4.69) is 24.5 Å². The van der Waals surface area contributed by atoms with Crippen LogP contribution in [0.5, 0.6) is 0 Å². The second-order valence-electron chi connectivity index (χ2n) is 3.38. The second kappa shape index (κ2) is 6.00. The van der Waals surface area contributed by atoms with Crippen molar-refractivity contribution in [3.05, 3.63) is 0 Å². The van der Waals surface area contributed by atoms with Gasteiger partial charge >= 0.3 is 0 Å². The van der Waals surface area contributed by atoms with Crippen molar-refractivity contribution in [2.75, 3.05) is 13.1 Å². The minimum absolute atomic E-state index is 0.0815. The molecule has 1 atom stereocenters. The lowest BCUT2D eigenvalue weighted by molar-refractivity contribution is -0.121. The monoisotopic (exact) mass is 172 g/mol. The maximum Gasteiger partial charge on any atom is 0.234 e. The minimum Gasteiger partial charge on any atom is -0.352 e. The second-order valence-corrected chi connectivity index (χ2v) is 3.38. The van der Waals surface area contributed by atoms with Crippen LogP contribution in [-0.4, -0.2) is 25.0 Å². The Balaban J connectivity index is 3.54. The van der Waals surface area contributed by atoms with Gasteiger partial charge in [0.05, 0.1) is 6.54 Å². The maximum atomic E-state index is 11.1. The van der Waals surface area contributed by atoms with E-state index in [1.54, 1.807) is 0 Å². The summed E-state index contributed by atoms with van der Waals surface area (Å²) in [4.78, 5) is 11.1. The van der Waals surface area contributed by atoms with Gasteiger partial charge in [-0.15, -0.1) is 0 Å². The minimum atomic E-state index is 0.0815. The highest BCUT2D eigenvalue weighted by atomic mass is 16.1. The molecule has 3 heteroatoms. The Morgan fingerprint density at radius 1 is 1.33 bits per heavy atom. The smallest absolute Gasteiger partial charge is 0.234 e. The standard InChI is InChI=1S/C9H20N2O/c1-5-10-6-9(12)11-8(4)7(2)3/h7-8,10H,5-6H2,1-4H3,(H,11,12). The fourth-order valence-electron chi connectivity index (χ4n) is 0.710. The molecule has 0 aromatic carbocycles. The Kier molecular flexibility index (Phi) is 5.72. The van der Waals surface area contributed by atoms with Gasteiger partial charge in [-0.3, -0.25) is 4.79 Å². The molecule has 0 saturated carbocycles. The largest absolute Gasteiger partial charge is 0.352 e. The molecule has 1 unspecified atom stereocenters. The van der Waals surface area contributed by atoms with Crippen LogP contribution in [0.4, 0.5) is 0 Å². The highest BCUT2D eigenvalue weighted by Crippen LogP contribution is 1.98. The molecule has 0 bridgehead atoms. The summed E-state index contributed by atoms with van der Waals surface area (Å²) in [6.07, 6.45) is 0. The average Bonchev–Trinajstić information content (AvgIpc) is 2.00. The lowest BCUT2D eigenvalue weighted by atomic mass is 10.1. The first kappa shape index (κ1) is 11.4. The summed E-state index contributed by atoms with van der Waals surface area (Å²) in [5.74, 6) is 0.577. The number of carbonyl (C=O) groups excluding carboxylic acids is 1. The van der Waals surface area contributed by atoms with Gasteiger partial charge in [0.2, 0.25) is 5.91 Å². The van der Waals surface area contributed by atoms with Crippen molar-refractivity contribution >= 4 is 5.91 Å². The number of hydrogen-bond donors (Lipinski definition) is 2. The molecule has 2 N–H and O–H groups in total. The fraction of sp³-hybridized carbons (Fsp3) is 0.889. The lowest BCUT2D eigenvalue weighted by Gasteiger charge is -2.17. The molecule has 12 heavy (non-hydrogen) atoms. The third kappa shape index (κ3) is 5.13. The van der Waals surface area contributed by atoms with Gasteiger partial charge in [-0.25, -0.2) is 0 Å². The van der Waals surface area contributed by atoms with E-state index in [1.165, 1.54) is 0 Å². The van der Waals surface area contributed by atoms with Gasteiger partial charge < -0.3 is 10.6 Å². The predicted octanol–water partition coefficient (Wildman–Crippen LogP) is 0.757. The van der Waals surface area contributed by atoms with E-state index in [1.807, 2.05) is 13.8 Å². The third-order valence-electron chi connectivity index (χ3n) is 1.92. The molecular weight excluding hydrogens is 152 g/mol. The van der Waals surface area contributed by atoms with Crippen LogP contribution < -0.4 is 10.6 Å². The molecule has 0 aliphatic carbocycles. The summed E-state index contributed by atoms with van der Waals surface area (Å²) >= 11 is 0. The lowest BCUT2D eigenvalue weighted by Crippen LogP contribution is -2.41. The van der Waals surface area contributed by atoms with Crippen LogP contribution in [0, 0.1) is 5.92 Å². The van der Waals surface area contributed by atoms with Crippen molar-refractivity contribution in [2.24, 2.45) is 5.92 Å². The van der Waals surface area contributed by atoms with Crippen molar-refractivity contribution in [1.29, 1.82) is 0 Å². The van der Waals surface area contributed by atoms with Crippen molar-refractivity contribution in [2.45, 2.75) is 33.7 Å². The molecule has 0 aliphatic rings. The fourth-order valence-corrected chi connectivity index (χ4v) is 0.710. The van der Waals surface area contributed by atoms with E-state index >= 15 is 0 Å². The molecule has 0 fully saturated rings. The van der Waals surface area contributed by atoms with Crippen LogP contribution >= 0.6 is 0 Å². The van der Waals surface area contributed by atoms with Crippen LogP contribution in [0.15, 0.2) is 0 Å². The summed E-state index contributed by atoms with van der Waals surface area (Å²) in [7, 11) is 0. The van der Waals surface area contributed by atoms with E-state index in [-0.39, 0.29) is 11.9 Å². The maximum absolute atomic E-state index is 11.1. The summed E-state index contributed by atoms with van der Waals surface area (Å²) < 4.78 is 0. The van der Waals surface area contributed by atoms with Crippen molar-refractivity contribution in [1.82, 2.24) is 10.6 Å². The molecule has 0 heterocycles. The molecular formula is C9H20N2O. The molecule has 1 amide bonds. The Labute approximate surface area is 74.9 Å². The first-order chi connectivity index (χ1) is 5.57. The molecule has 3 nitrogen and oxygen atoms in total. The molecule has 72 valence electrons. The molecule has 0 aromatic rings. The first-order valence-electron chi connectivity index (χ1n) is 4.58. The summed E-state index contributed by atoms with van der Waals surface area (Å²) in [5, 5.41) is 5.89. The first-order valence-corrected chi connectivity index (χ1v) is 4.58. The molecule has 0 radical (unpaired) electrons. The van der Waals surface area contributed by atoms with Crippen LogP contribution in [0.1, 0.15) is 27.7 Å². The third-order valence-corrected chi connectivity index (χ3v) is 1.92. The van der Waals surface area contributed by atoms with Crippen molar-refractivity contribution in [3.63, 3.8) is 0 Å². The highest BCUT2D eigenvalue weighted by molar-refractivity contribution is 5.78. The van der Waals surface area contributed by atoms with Crippen molar-refractivity contribution < 1.29 is 4.79 Å². The number of hydrogen-bond acceptors (Lipinski definition) is 2. The van der Waals surface area contributed by atoms with Gasteiger partial charge in [-0.2, -0.15) is 0 Å². The zero-order valence-corrected chi connectivity index (χ0v) is 8.48. The quantitative estimate of drug-likeness (QED) is 0.642. The molecule has 0 spiro atoms. The topological polar surface area (TPSA) is 41.1 Å². The normalized spacial score (nSPS) is 13.1. The van der Waals surface area contributed by atoms with E-state index < -0.39 is 0 Å². The zero-order valence-electron chi connectivity index (χ0n) is 8.48. The Morgan fingerprint density at radius 3 is 2.33 bits per heavy atom. The van der Waals surface area contributed by atoms with Gasteiger partial charge in [-0.05, 0) is 19.4 Å². The molecule has 0 rings (SSSR count). The van der Waals surface area contributed by atoms with Crippen molar-refractivity contribution in [3.8, 4) is 0 Å². The van der Waals surface area contributed by atoms with E-state index in [4.69, 9.17) is 0 Å². The Morgan fingerprint density at radius 2 is 1.92 bits per heavy atom. The van der Waals surface area contributed by atoms with Gasteiger partial charge in [0.25, 0.3) is 0 Å². The zero-order chi connectivity index (χ0) is 9.56. The van der Waals surface area contributed by atoms with E-state index in [9.17, 15) is 4.79 Å². The molecule has 0 aromatic heterocycles. The van der Waals surface area contributed by atoms with E-state index in [0.717, 1.165) is 6.54 Å². The number of nitrogens with one attached hydrogen (secondary N) is 2. The van der Waals surface area contributed by atoms with Crippen LogP contribution in [0.3, 0.4) is 0 Å². The predicted molar refractivity (Wildman–Crippen MR) is 51.0 cm³/mol. The Hall–Kier alpha value is -0.570. The van der Waals surface area contributed by atoms with Gasteiger partial charge in [0.1, 0.15) is 0 Å². The molecule has 0 aliphatic heterocycles. The van der Waals surface area contributed by atoms with Gasteiger partial charge in [0.15, 0.2) is 0 Å². The van der Waals surface area contributed by atoms with Crippen LogP contribution in [-0.2, 0) is 4.79 Å². The number of amides is 1. The van der Waals surface area contributed by atoms with Gasteiger partial charge in [-0.1, -0.05) is 20.8 Å². The number of likely N-dealkylation sites (N-methyl/N-ethyl adjacent to an activating group) is 1. The van der Waals surface area contributed by atoms with Crippen LogP contribution in [0.2, 0.25) is 0 Å². The highest BCUT2D eigenvalue weighted by Gasteiger charge is 2.09. The Bertz CT molecular complexity index is 134. The SMILES string of the molecule is CCNCC(=O)NC(C)C(C)C. The number of carbonyl (C=O) groups is 1. The summed E-state index contributed by atoms with van der Waals surface area (Å²) in [6, 6.07) is 0.260. The molecule has 0 saturated heterocycles.